The van der Waals surface area contributed by atoms with Crippen LogP contribution in [0.1, 0.15) is 24.2 Å². The van der Waals surface area contributed by atoms with Crippen molar-refractivity contribution in [2.75, 3.05) is 30.2 Å². The molecule has 0 fully saturated rings. The number of hydrogen-bond donors (Lipinski definition) is 1. The summed E-state index contributed by atoms with van der Waals surface area (Å²) >= 11 is 0. The van der Waals surface area contributed by atoms with E-state index in [1.54, 1.807) is 41.3 Å². The minimum atomic E-state index is -0.272. The predicted octanol–water partition coefficient (Wildman–Crippen LogP) is 3.05. The van der Waals surface area contributed by atoms with Gasteiger partial charge in [0.15, 0.2) is 18.1 Å². The molecule has 0 bridgehead atoms. The minimum Gasteiger partial charge on any atom is -0.482 e. The van der Waals surface area contributed by atoms with Crippen molar-refractivity contribution in [3.05, 3.63) is 42.0 Å². The molecule has 0 aromatic heterocycles. The molecule has 7 nitrogen and oxygen atoms in total. The predicted molar refractivity (Wildman–Crippen MR) is 99.6 cm³/mol. The van der Waals surface area contributed by atoms with Crippen LogP contribution in [0.4, 0.5) is 11.4 Å². The van der Waals surface area contributed by atoms with Crippen molar-refractivity contribution >= 4 is 23.2 Å². The monoisotopic (exact) mass is 368 g/mol. The lowest BCUT2D eigenvalue weighted by Crippen LogP contribution is -2.41. The zero-order valence-electron chi connectivity index (χ0n) is 15.2. The first-order chi connectivity index (χ1) is 13.0. The van der Waals surface area contributed by atoms with E-state index in [1.807, 2.05) is 13.8 Å². The van der Waals surface area contributed by atoms with Crippen LogP contribution < -0.4 is 24.4 Å². The maximum atomic E-state index is 12.6. The van der Waals surface area contributed by atoms with Crippen LogP contribution in [0.15, 0.2) is 36.4 Å². The molecule has 140 valence electrons. The molecular weight excluding hydrogens is 348 g/mol. The summed E-state index contributed by atoms with van der Waals surface area (Å²) in [5.74, 6) is 1.76. The summed E-state index contributed by atoms with van der Waals surface area (Å²) in [7, 11) is 0. The van der Waals surface area contributed by atoms with Crippen molar-refractivity contribution in [1.82, 2.24) is 0 Å². The zero-order chi connectivity index (χ0) is 19.0. The highest BCUT2D eigenvalue weighted by atomic mass is 16.7. The van der Waals surface area contributed by atoms with Crippen molar-refractivity contribution in [3.8, 4) is 17.2 Å². The van der Waals surface area contributed by atoms with Crippen LogP contribution >= 0.6 is 0 Å². The van der Waals surface area contributed by atoms with Crippen LogP contribution in [-0.4, -0.2) is 31.8 Å². The second-order valence-electron chi connectivity index (χ2n) is 6.89. The molecular formula is C20H20N2O5. The number of hydrogen-bond acceptors (Lipinski definition) is 5. The number of carbonyl (C=O) groups excluding carboxylic acids is 2. The molecule has 0 unspecified atom stereocenters. The topological polar surface area (TPSA) is 77.1 Å². The lowest BCUT2D eigenvalue weighted by molar-refractivity contribution is -0.121. The van der Waals surface area contributed by atoms with Crippen LogP contribution in [0, 0.1) is 5.92 Å². The van der Waals surface area contributed by atoms with Gasteiger partial charge in [-0.2, -0.15) is 0 Å². The largest absolute Gasteiger partial charge is 0.482 e. The Hall–Kier alpha value is -3.22. The average Bonchev–Trinajstić information content (AvgIpc) is 3.11. The molecule has 27 heavy (non-hydrogen) atoms. The van der Waals surface area contributed by atoms with Gasteiger partial charge in [-0.3, -0.25) is 9.59 Å². The average molecular weight is 368 g/mol. The smallest absolute Gasteiger partial charge is 0.265 e. The molecule has 0 saturated heterocycles. The second kappa shape index (κ2) is 6.83. The van der Waals surface area contributed by atoms with Gasteiger partial charge in [-0.25, -0.2) is 0 Å². The van der Waals surface area contributed by atoms with E-state index in [1.165, 1.54) is 0 Å². The second-order valence-corrected chi connectivity index (χ2v) is 6.89. The van der Waals surface area contributed by atoms with Gasteiger partial charge in [0.05, 0.1) is 5.69 Å². The lowest BCUT2D eigenvalue weighted by atomic mass is 10.1. The fourth-order valence-electron chi connectivity index (χ4n) is 3.09. The van der Waals surface area contributed by atoms with E-state index in [-0.39, 0.29) is 25.2 Å². The molecule has 4 rings (SSSR count). The van der Waals surface area contributed by atoms with Gasteiger partial charge in [0, 0.05) is 17.8 Å². The Labute approximate surface area is 156 Å². The van der Waals surface area contributed by atoms with E-state index in [2.05, 4.69) is 5.32 Å². The number of benzene rings is 2. The zero-order valence-corrected chi connectivity index (χ0v) is 15.2. The Morgan fingerprint density at radius 2 is 1.85 bits per heavy atom. The molecule has 2 aromatic rings. The molecule has 1 N–H and O–H groups in total. The van der Waals surface area contributed by atoms with Crippen molar-refractivity contribution in [2.24, 2.45) is 5.92 Å². The Bertz CT molecular complexity index is 909. The van der Waals surface area contributed by atoms with E-state index in [0.29, 0.717) is 46.6 Å². The maximum absolute atomic E-state index is 12.6. The summed E-state index contributed by atoms with van der Waals surface area (Å²) in [5, 5.41) is 2.86. The van der Waals surface area contributed by atoms with Crippen molar-refractivity contribution in [1.29, 1.82) is 0 Å². The molecule has 0 radical (unpaired) electrons. The highest BCUT2D eigenvalue weighted by Gasteiger charge is 2.26. The number of carbonyl (C=O) groups is 2. The van der Waals surface area contributed by atoms with Crippen molar-refractivity contribution in [3.63, 3.8) is 0 Å². The van der Waals surface area contributed by atoms with E-state index in [0.717, 1.165) is 0 Å². The molecule has 7 heteroatoms. The molecule has 2 aliphatic rings. The third kappa shape index (κ3) is 3.40. The fourth-order valence-corrected chi connectivity index (χ4v) is 3.09. The van der Waals surface area contributed by atoms with Gasteiger partial charge in [0.25, 0.3) is 11.8 Å². The molecule has 0 spiro atoms. The van der Waals surface area contributed by atoms with E-state index in [9.17, 15) is 9.59 Å². The number of amides is 2. The van der Waals surface area contributed by atoms with Gasteiger partial charge in [0.2, 0.25) is 6.79 Å². The number of fused-ring (bicyclic) bond motifs is 2. The third-order valence-corrected chi connectivity index (χ3v) is 4.34. The fraction of sp³-hybridized carbons (Fsp3) is 0.300. The first-order valence-electron chi connectivity index (χ1n) is 8.79. The highest BCUT2D eigenvalue weighted by Crippen LogP contribution is 2.36. The van der Waals surface area contributed by atoms with Gasteiger partial charge < -0.3 is 24.4 Å². The quantitative estimate of drug-likeness (QED) is 0.898. The van der Waals surface area contributed by atoms with Crippen LogP contribution in [-0.2, 0) is 4.79 Å². The van der Waals surface area contributed by atoms with Crippen molar-refractivity contribution in [2.45, 2.75) is 13.8 Å². The SMILES string of the molecule is CC(C)CN1C(=O)COc2ccc(NC(=O)c3ccc4c(c3)OCO4)cc21. The first kappa shape index (κ1) is 17.2. The van der Waals surface area contributed by atoms with Crippen LogP contribution in [0.2, 0.25) is 0 Å². The summed E-state index contributed by atoms with van der Waals surface area (Å²) in [5.41, 5.74) is 1.72. The van der Waals surface area contributed by atoms with Gasteiger partial charge in [-0.15, -0.1) is 0 Å². The van der Waals surface area contributed by atoms with Crippen LogP contribution in [0.3, 0.4) is 0 Å². The molecule has 2 heterocycles. The summed E-state index contributed by atoms with van der Waals surface area (Å²) in [6.07, 6.45) is 0. The Kier molecular flexibility index (Phi) is 4.35. The van der Waals surface area contributed by atoms with Crippen molar-refractivity contribution < 1.29 is 23.8 Å². The number of rotatable bonds is 4. The van der Waals surface area contributed by atoms with E-state index < -0.39 is 0 Å². The van der Waals surface area contributed by atoms with Gasteiger partial charge in [0.1, 0.15) is 5.75 Å². The maximum Gasteiger partial charge on any atom is 0.265 e. The molecule has 2 aromatic carbocycles. The lowest BCUT2D eigenvalue weighted by Gasteiger charge is -2.31. The number of anilines is 2. The molecule has 2 aliphatic heterocycles. The number of nitrogens with zero attached hydrogens (tertiary/aromatic N) is 1. The van der Waals surface area contributed by atoms with E-state index in [4.69, 9.17) is 14.2 Å². The molecule has 0 saturated carbocycles. The Morgan fingerprint density at radius 3 is 2.67 bits per heavy atom. The standard InChI is InChI=1S/C20H20N2O5/c1-12(2)9-22-15-8-14(4-6-16(15)25-10-19(22)23)21-20(24)13-3-5-17-18(7-13)27-11-26-17/h3-8,12H,9-11H2,1-2H3,(H,21,24). The number of ether oxygens (including phenoxy) is 3. The molecule has 0 atom stereocenters. The van der Waals surface area contributed by atoms with Crippen LogP contribution in [0.25, 0.3) is 0 Å². The summed E-state index contributed by atoms with van der Waals surface area (Å²) < 4.78 is 16.1. The van der Waals surface area contributed by atoms with Gasteiger partial charge in [-0.1, -0.05) is 13.8 Å². The first-order valence-corrected chi connectivity index (χ1v) is 8.79. The van der Waals surface area contributed by atoms with Gasteiger partial charge >= 0.3 is 0 Å². The third-order valence-electron chi connectivity index (χ3n) is 4.34. The normalized spacial score (nSPS) is 14.8. The summed E-state index contributed by atoms with van der Waals surface area (Å²) in [6, 6.07) is 10.3. The van der Waals surface area contributed by atoms with Gasteiger partial charge in [-0.05, 0) is 42.3 Å². The summed E-state index contributed by atoms with van der Waals surface area (Å²) in [4.78, 5) is 26.5. The van der Waals surface area contributed by atoms with Crippen LogP contribution in [0.5, 0.6) is 17.2 Å². The molecule has 2 amide bonds. The Morgan fingerprint density at radius 1 is 1.07 bits per heavy atom. The van der Waals surface area contributed by atoms with E-state index >= 15 is 0 Å². The summed E-state index contributed by atoms with van der Waals surface area (Å²) in [6.45, 7) is 4.88. The number of nitrogens with one attached hydrogen (secondary N) is 1. The minimum absolute atomic E-state index is 0.0304. The Balaban J connectivity index is 1.57. The molecule has 0 aliphatic carbocycles. The highest BCUT2D eigenvalue weighted by molar-refractivity contribution is 6.05.